The van der Waals surface area contributed by atoms with Crippen LogP contribution in [0.25, 0.3) is 0 Å². The van der Waals surface area contributed by atoms with E-state index in [0.29, 0.717) is 0 Å². The standard InChI is InChI=1S/C23H22IP/c1-20(2)18-19-25(24,21-12-6-3-7-13-21,22-14-8-4-9-15-22)23-16-10-5-11-17-23/h3-19H,1H2,2H3. The first-order chi connectivity index (χ1) is 12.1. The van der Waals surface area contributed by atoms with Gasteiger partial charge in [0.25, 0.3) is 0 Å². The molecular weight excluding hydrogens is 434 g/mol. The normalized spacial score (nSPS) is 13.3. The van der Waals surface area contributed by atoms with Crippen molar-refractivity contribution < 1.29 is 0 Å². The van der Waals surface area contributed by atoms with Crippen molar-refractivity contribution >= 4 is 42.2 Å². The molecule has 0 aliphatic carbocycles. The first-order valence-corrected chi connectivity index (χ1v) is 13.4. The Balaban J connectivity index is 2.47. The van der Waals surface area contributed by atoms with E-state index >= 15 is 0 Å². The third-order valence-corrected chi connectivity index (χ3v) is 15.0. The molecule has 0 unspecified atom stereocenters. The van der Waals surface area contributed by atoms with E-state index in [4.69, 9.17) is 0 Å². The van der Waals surface area contributed by atoms with E-state index in [0.717, 1.165) is 5.57 Å². The van der Waals surface area contributed by atoms with Crippen molar-refractivity contribution in [1.82, 2.24) is 0 Å². The summed E-state index contributed by atoms with van der Waals surface area (Å²) in [6, 6.07) is 32.6. The summed E-state index contributed by atoms with van der Waals surface area (Å²) in [5.41, 5.74) is 1.06. The van der Waals surface area contributed by atoms with Gasteiger partial charge in [0.2, 0.25) is 0 Å². The first-order valence-electron chi connectivity index (χ1n) is 8.31. The van der Waals surface area contributed by atoms with Crippen molar-refractivity contribution in [2.24, 2.45) is 0 Å². The van der Waals surface area contributed by atoms with Crippen LogP contribution in [-0.4, -0.2) is 0 Å². The second-order valence-corrected chi connectivity index (χ2v) is 16.3. The van der Waals surface area contributed by atoms with Gasteiger partial charge < -0.3 is 0 Å². The zero-order valence-corrected chi connectivity index (χ0v) is 17.4. The van der Waals surface area contributed by atoms with Crippen LogP contribution in [0.15, 0.2) is 115 Å². The molecule has 0 radical (unpaired) electrons. The molecule has 0 N–H and O–H groups in total. The van der Waals surface area contributed by atoms with Gasteiger partial charge in [-0.3, -0.25) is 0 Å². The van der Waals surface area contributed by atoms with Gasteiger partial charge in [0.1, 0.15) is 0 Å². The van der Waals surface area contributed by atoms with Crippen LogP contribution in [0.2, 0.25) is 0 Å². The predicted octanol–water partition coefficient (Wildman–Crippen LogP) is 5.96. The molecule has 3 aromatic rings. The second kappa shape index (κ2) is 7.27. The molecule has 3 rings (SSSR count). The number of rotatable bonds is 5. The van der Waals surface area contributed by atoms with Crippen molar-refractivity contribution in [3.63, 3.8) is 0 Å². The Morgan fingerprint density at radius 1 is 0.720 bits per heavy atom. The average Bonchev–Trinajstić information content (AvgIpc) is 2.68. The fourth-order valence-electron chi connectivity index (χ4n) is 3.13. The quantitative estimate of drug-likeness (QED) is 0.253. The van der Waals surface area contributed by atoms with Crippen molar-refractivity contribution in [3.8, 4) is 0 Å². The summed E-state index contributed by atoms with van der Waals surface area (Å²) in [5.74, 6) is 2.41. The molecule has 0 nitrogen and oxygen atoms in total. The average molecular weight is 456 g/mol. The Morgan fingerprint density at radius 2 is 1.04 bits per heavy atom. The van der Waals surface area contributed by atoms with Gasteiger partial charge in [-0.25, -0.2) is 0 Å². The van der Waals surface area contributed by atoms with Crippen LogP contribution in [0.3, 0.4) is 0 Å². The fourth-order valence-corrected chi connectivity index (χ4v) is 10.7. The summed E-state index contributed by atoms with van der Waals surface area (Å²) in [4.78, 5) is 0. The Morgan fingerprint density at radius 3 is 1.32 bits per heavy atom. The van der Waals surface area contributed by atoms with Crippen molar-refractivity contribution in [2.75, 3.05) is 0 Å². The second-order valence-electron chi connectivity index (χ2n) is 6.24. The monoisotopic (exact) mass is 456 g/mol. The Bertz CT molecular complexity index is 784. The van der Waals surface area contributed by atoms with Crippen LogP contribution < -0.4 is 15.9 Å². The van der Waals surface area contributed by atoms with Gasteiger partial charge in [0, 0.05) is 0 Å². The van der Waals surface area contributed by atoms with Gasteiger partial charge in [-0.1, -0.05) is 0 Å². The van der Waals surface area contributed by atoms with E-state index in [2.05, 4.69) is 138 Å². The zero-order valence-electron chi connectivity index (χ0n) is 14.3. The molecule has 0 heterocycles. The molecule has 3 aromatic carbocycles. The maximum atomic E-state index is 4.10. The number of hydrogen-bond donors (Lipinski definition) is 0. The molecule has 0 atom stereocenters. The van der Waals surface area contributed by atoms with E-state index < -0.39 is 4.25 Å². The summed E-state index contributed by atoms with van der Waals surface area (Å²) in [6.07, 6.45) is 2.18. The predicted molar refractivity (Wildman–Crippen MR) is 123 cm³/mol. The molecule has 2 heteroatoms. The minimum atomic E-state index is -2.77. The van der Waals surface area contributed by atoms with Crippen LogP contribution in [0.5, 0.6) is 0 Å². The third-order valence-electron chi connectivity index (χ3n) is 4.42. The molecule has 25 heavy (non-hydrogen) atoms. The van der Waals surface area contributed by atoms with Gasteiger partial charge >= 0.3 is 164 Å². The fraction of sp³-hybridized carbons (Fsp3) is 0.0435. The van der Waals surface area contributed by atoms with E-state index in [9.17, 15) is 0 Å². The van der Waals surface area contributed by atoms with Crippen molar-refractivity contribution in [3.05, 3.63) is 115 Å². The Labute approximate surface area is 163 Å². The van der Waals surface area contributed by atoms with E-state index in [1.54, 1.807) is 0 Å². The van der Waals surface area contributed by atoms with E-state index in [1.165, 1.54) is 15.9 Å². The van der Waals surface area contributed by atoms with Crippen LogP contribution >= 0.6 is 26.3 Å². The van der Waals surface area contributed by atoms with Crippen LogP contribution in [0.1, 0.15) is 6.92 Å². The van der Waals surface area contributed by atoms with Gasteiger partial charge in [-0.2, -0.15) is 0 Å². The number of halogens is 1. The van der Waals surface area contributed by atoms with Crippen molar-refractivity contribution in [1.29, 1.82) is 0 Å². The molecule has 0 saturated heterocycles. The third kappa shape index (κ3) is 3.23. The van der Waals surface area contributed by atoms with E-state index in [-0.39, 0.29) is 0 Å². The maximum absolute atomic E-state index is 4.10. The van der Waals surface area contributed by atoms with Crippen LogP contribution in [0.4, 0.5) is 0 Å². The Hall–Kier alpha value is -1.70. The SMILES string of the molecule is C=C(C)C=CP(I)(c1ccccc1)(c1ccccc1)c1ccccc1. The molecular formula is C23H22IP. The molecule has 0 aromatic heterocycles. The molecule has 0 aliphatic rings. The molecule has 0 bridgehead atoms. The molecule has 0 amide bonds. The van der Waals surface area contributed by atoms with Gasteiger partial charge in [-0.15, -0.1) is 0 Å². The Kier molecular flexibility index (Phi) is 5.27. The van der Waals surface area contributed by atoms with Crippen LogP contribution in [0, 0.1) is 0 Å². The van der Waals surface area contributed by atoms with Gasteiger partial charge in [0.05, 0.1) is 0 Å². The summed E-state index contributed by atoms with van der Waals surface area (Å²) >= 11 is 2.74. The number of allylic oxidation sites excluding steroid dienone is 2. The number of benzene rings is 3. The van der Waals surface area contributed by atoms with Crippen LogP contribution in [-0.2, 0) is 0 Å². The topological polar surface area (TPSA) is 0 Å². The van der Waals surface area contributed by atoms with Crippen molar-refractivity contribution in [2.45, 2.75) is 6.92 Å². The zero-order chi connectivity index (χ0) is 17.8. The van der Waals surface area contributed by atoms with Gasteiger partial charge in [-0.05, 0) is 0 Å². The molecule has 0 fully saturated rings. The summed E-state index contributed by atoms with van der Waals surface area (Å²) < 4.78 is -2.77. The molecule has 0 saturated carbocycles. The first kappa shape index (κ1) is 18.1. The summed E-state index contributed by atoms with van der Waals surface area (Å²) in [6.45, 7) is 6.15. The minimum absolute atomic E-state index is 1.06. The number of hydrogen-bond acceptors (Lipinski definition) is 0. The summed E-state index contributed by atoms with van der Waals surface area (Å²) in [5, 5.41) is 4.05. The summed E-state index contributed by atoms with van der Waals surface area (Å²) in [7, 11) is 0. The van der Waals surface area contributed by atoms with E-state index in [1.807, 2.05) is 0 Å². The molecule has 0 spiro atoms. The molecule has 0 aliphatic heterocycles. The van der Waals surface area contributed by atoms with Gasteiger partial charge in [0.15, 0.2) is 0 Å². The molecule has 126 valence electrons.